The first-order valence-corrected chi connectivity index (χ1v) is 9.64. The lowest BCUT2D eigenvalue weighted by Gasteiger charge is -2.41. The van der Waals surface area contributed by atoms with Crippen molar-refractivity contribution in [2.24, 2.45) is 0 Å². The molecule has 0 amide bonds. The minimum absolute atomic E-state index is 0.0855. The summed E-state index contributed by atoms with van der Waals surface area (Å²) in [5.41, 5.74) is 2.36. The maximum Gasteiger partial charge on any atom is 0.143 e. The maximum atomic E-state index is 2.40. The van der Waals surface area contributed by atoms with Gasteiger partial charge in [0.2, 0.25) is 0 Å². The van der Waals surface area contributed by atoms with Gasteiger partial charge in [-0.3, -0.25) is 9.80 Å². The highest BCUT2D eigenvalue weighted by Crippen LogP contribution is 2.33. The first-order chi connectivity index (χ1) is 13.5. The van der Waals surface area contributed by atoms with Gasteiger partial charge in [-0.1, -0.05) is 60.7 Å². The molecular weight excluding hydrogens is 342 g/mol. The Kier molecular flexibility index (Phi) is 5.03. The number of hydrogen-bond acceptors (Lipinski definition) is 3. The van der Waals surface area contributed by atoms with Gasteiger partial charge in [-0.25, -0.2) is 0 Å². The molecule has 0 aliphatic rings. The van der Waals surface area contributed by atoms with Gasteiger partial charge in [-0.05, 0) is 74.0 Å². The number of nitrogens with zero attached hydrogens (tertiary/aromatic N) is 3. The quantitative estimate of drug-likeness (QED) is 0.428. The lowest BCUT2D eigenvalue weighted by Crippen LogP contribution is -2.51. The van der Waals surface area contributed by atoms with E-state index in [0.29, 0.717) is 0 Å². The summed E-state index contributed by atoms with van der Waals surface area (Å²) in [6.07, 6.45) is 0.0855. The normalized spacial score (nSPS) is 11.8. The first kappa shape index (κ1) is 18.5. The topological polar surface area (TPSA) is 9.72 Å². The average Bonchev–Trinajstić information content (AvgIpc) is 2.70. The summed E-state index contributed by atoms with van der Waals surface area (Å²) in [6, 6.07) is 30.5. The molecule has 28 heavy (non-hydrogen) atoms. The smallest absolute Gasteiger partial charge is 0.143 e. The van der Waals surface area contributed by atoms with Crippen molar-refractivity contribution >= 4 is 32.9 Å². The molecule has 0 saturated heterocycles. The number of fused-ring (bicyclic) bond motifs is 2. The summed E-state index contributed by atoms with van der Waals surface area (Å²) in [5, 5.41) is 5.02. The Balaban J connectivity index is 1.91. The summed E-state index contributed by atoms with van der Waals surface area (Å²) < 4.78 is 0. The molecule has 0 spiro atoms. The standard InChI is InChI=1S/C25H27N3/c1-26(2)25(27(3)4)28(23-15-13-19-9-5-7-11-21(19)17-23)24-16-14-20-10-6-8-12-22(20)18-24/h5-18,25H,1-4H3. The lowest BCUT2D eigenvalue weighted by atomic mass is 10.1. The van der Waals surface area contributed by atoms with Gasteiger partial charge in [0.05, 0.1) is 0 Å². The van der Waals surface area contributed by atoms with E-state index in [-0.39, 0.29) is 6.29 Å². The van der Waals surface area contributed by atoms with Crippen LogP contribution >= 0.6 is 0 Å². The van der Waals surface area contributed by atoms with Gasteiger partial charge in [0.1, 0.15) is 6.29 Å². The van der Waals surface area contributed by atoms with E-state index in [1.807, 2.05) is 0 Å². The molecule has 0 aliphatic heterocycles. The van der Waals surface area contributed by atoms with E-state index in [9.17, 15) is 0 Å². The molecule has 0 aromatic heterocycles. The second-order valence-electron chi connectivity index (χ2n) is 7.71. The predicted molar refractivity (Wildman–Crippen MR) is 121 cm³/mol. The van der Waals surface area contributed by atoms with Crippen molar-refractivity contribution in [3.8, 4) is 0 Å². The van der Waals surface area contributed by atoms with E-state index in [1.54, 1.807) is 0 Å². The van der Waals surface area contributed by atoms with Crippen LogP contribution in [-0.4, -0.2) is 44.3 Å². The molecule has 0 bridgehead atoms. The summed E-state index contributed by atoms with van der Waals surface area (Å²) >= 11 is 0. The fourth-order valence-corrected chi connectivity index (χ4v) is 3.99. The van der Waals surface area contributed by atoms with E-state index >= 15 is 0 Å². The Morgan fingerprint density at radius 3 is 1.29 bits per heavy atom. The molecule has 0 atom stereocenters. The number of anilines is 2. The van der Waals surface area contributed by atoms with Crippen molar-refractivity contribution in [1.82, 2.24) is 9.80 Å². The van der Waals surface area contributed by atoms with Crippen LogP contribution in [0.3, 0.4) is 0 Å². The van der Waals surface area contributed by atoms with Crippen molar-refractivity contribution in [3.63, 3.8) is 0 Å². The Bertz CT molecular complexity index is 1010. The summed E-state index contributed by atoms with van der Waals surface area (Å²) in [7, 11) is 8.50. The molecule has 4 aromatic carbocycles. The minimum Gasteiger partial charge on any atom is -0.312 e. The molecule has 0 N–H and O–H groups in total. The lowest BCUT2D eigenvalue weighted by molar-refractivity contribution is 0.135. The fraction of sp³-hybridized carbons (Fsp3) is 0.200. The third kappa shape index (κ3) is 3.47. The van der Waals surface area contributed by atoms with Crippen molar-refractivity contribution in [2.75, 3.05) is 33.1 Å². The number of benzene rings is 4. The average molecular weight is 370 g/mol. The van der Waals surface area contributed by atoms with Crippen LogP contribution in [0, 0.1) is 0 Å². The van der Waals surface area contributed by atoms with Crippen molar-refractivity contribution < 1.29 is 0 Å². The van der Waals surface area contributed by atoms with Gasteiger partial charge >= 0.3 is 0 Å². The van der Waals surface area contributed by atoms with Gasteiger partial charge in [0.25, 0.3) is 0 Å². The molecule has 0 heterocycles. The number of hydrogen-bond donors (Lipinski definition) is 0. The van der Waals surface area contributed by atoms with E-state index in [1.165, 1.54) is 32.9 Å². The Labute approximate surface area is 167 Å². The van der Waals surface area contributed by atoms with Crippen molar-refractivity contribution in [3.05, 3.63) is 84.9 Å². The predicted octanol–water partition coefficient (Wildman–Crippen LogP) is 5.54. The highest BCUT2D eigenvalue weighted by molar-refractivity contribution is 5.89. The third-order valence-corrected chi connectivity index (χ3v) is 5.18. The first-order valence-electron chi connectivity index (χ1n) is 9.64. The highest BCUT2D eigenvalue weighted by atomic mass is 15.5. The molecule has 0 unspecified atom stereocenters. The van der Waals surface area contributed by atoms with Crippen LogP contribution in [0.15, 0.2) is 84.9 Å². The molecule has 0 saturated carbocycles. The van der Waals surface area contributed by atoms with Crippen LogP contribution in [0.5, 0.6) is 0 Å². The molecule has 0 aliphatic carbocycles. The molecule has 0 fully saturated rings. The highest BCUT2D eigenvalue weighted by Gasteiger charge is 2.25. The summed E-state index contributed by atoms with van der Waals surface area (Å²) in [6.45, 7) is 0. The van der Waals surface area contributed by atoms with Crippen LogP contribution < -0.4 is 4.90 Å². The molecule has 142 valence electrons. The van der Waals surface area contributed by atoms with E-state index in [0.717, 1.165) is 0 Å². The van der Waals surface area contributed by atoms with Gasteiger partial charge in [0.15, 0.2) is 0 Å². The molecular formula is C25H27N3. The maximum absolute atomic E-state index is 2.40. The molecule has 3 nitrogen and oxygen atoms in total. The zero-order valence-electron chi connectivity index (χ0n) is 17.0. The monoisotopic (exact) mass is 369 g/mol. The SMILES string of the molecule is CN(C)C(N(C)C)N(c1ccc2ccccc2c1)c1ccc2ccccc2c1. The van der Waals surface area contributed by atoms with Gasteiger partial charge in [-0.2, -0.15) is 0 Å². The molecule has 0 radical (unpaired) electrons. The molecule has 4 aromatic rings. The van der Waals surface area contributed by atoms with Gasteiger partial charge < -0.3 is 4.90 Å². The number of rotatable bonds is 5. The Morgan fingerprint density at radius 2 is 0.893 bits per heavy atom. The fourth-order valence-electron chi connectivity index (χ4n) is 3.99. The van der Waals surface area contributed by atoms with Crippen LogP contribution in [0.1, 0.15) is 0 Å². The second kappa shape index (κ2) is 7.63. The summed E-state index contributed by atoms with van der Waals surface area (Å²) in [5.74, 6) is 0. The van der Waals surface area contributed by atoms with Crippen LogP contribution in [0.4, 0.5) is 11.4 Å². The Hall–Kier alpha value is -2.88. The minimum atomic E-state index is 0.0855. The zero-order valence-corrected chi connectivity index (χ0v) is 17.0. The third-order valence-electron chi connectivity index (χ3n) is 5.18. The van der Waals surface area contributed by atoms with Crippen LogP contribution in [0.25, 0.3) is 21.5 Å². The molecule has 4 rings (SSSR count). The Morgan fingerprint density at radius 1 is 0.500 bits per heavy atom. The van der Waals surface area contributed by atoms with Gasteiger partial charge in [0, 0.05) is 11.4 Å². The van der Waals surface area contributed by atoms with Crippen molar-refractivity contribution in [1.29, 1.82) is 0 Å². The van der Waals surface area contributed by atoms with Crippen LogP contribution in [0.2, 0.25) is 0 Å². The van der Waals surface area contributed by atoms with E-state index < -0.39 is 0 Å². The van der Waals surface area contributed by atoms with Crippen LogP contribution in [-0.2, 0) is 0 Å². The van der Waals surface area contributed by atoms with Gasteiger partial charge in [-0.15, -0.1) is 0 Å². The summed E-state index contributed by atoms with van der Waals surface area (Å²) in [4.78, 5) is 6.88. The van der Waals surface area contributed by atoms with Crippen molar-refractivity contribution in [2.45, 2.75) is 6.29 Å². The largest absolute Gasteiger partial charge is 0.312 e. The zero-order chi connectivity index (χ0) is 19.7. The van der Waals surface area contributed by atoms with E-state index in [4.69, 9.17) is 0 Å². The second-order valence-corrected chi connectivity index (χ2v) is 7.71. The molecule has 3 heteroatoms. The van der Waals surface area contributed by atoms with E-state index in [2.05, 4.69) is 128 Å².